The zero-order valence-electron chi connectivity index (χ0n) is 12.3. The van der Waals surface area contributed by atoms with Gasteiger partial charge in [-0.3, -0.25) is 4.79 Å². The van der Waals surface area contributed by atoms with Crippen molar-refractivity contribution in [1.29, 1.82) is 0 Å². The number of aliphatic carboxylic acids is 1. The van der Waals surface area contributed by atoms with Crippen LogP contribution in [0.1, 0.15) is 27.7 Å². The maximum Gasteiger partial charge on any atom is 0.326 e. The fourth-order valence-corrected chi connectivity index (χ4v) is 1.47. The number of carboxylic acid groups (broad SMARTS) is 1. The van der Waals surface area contributed by atoms with E-state index in [0.29, 0.717) is 0 Å². The van der Waals surface area contributed by atoms with E-state index in [2.05, 4.69) is 10.6 Å². The van der Waals surface area contributed by atoms with E-state index in [4.69, 9.17) is 5.11 Å². The Bertz CT molecular complexity index is 360. The van der Waals surface area contributed by atoms with E-state index in [9.17, 15) is 14.4 Å². The lowest BCUT2D eigenvalue weighted by Crippen LogP contribution is -2.55. The molecular weight excluding hydrogens is 250 g/mol. The molecule has 0 aliphatic carbocycles. The lowest BCUT2D eigenvalue weighted by molar-refractivity contribution is -0.141. The Labute approximate surface area is 113 Å². The van der Waals surface area contributed by atoms with Gasteiger partial charge in [0.15, 0.2) is 0 Å². The first kappa shape index (κ1) is 17.2. The van der Waals surface area contributed by atoms with Crippen molar-refractivity contribution in [3.63, 3.8) is 0 Å². The average molecular weight is 273 g/mol. The van der Waals surface area contributed by atoms with Gasteiger partial charge < -0.3 is 20.6 Å². The normalized spacial score (nSPS) is 14.2. The molecule has 0 aliphatic heterocycles. The largest absolute Gasteiger partial charge is 0.480 e. The van der Waals surface area contributed by atoms with Gasteiger partial charge in [0.25, 0.3) is 0 Å². The van der Waals surface area contributed by atoms with Crippen LogP contribution in [0, 0.1) is 5.41 Å². The Morgan fingerprint density at radius 3 is 1.89 bits per heavy atom. The highest BCUT2D eigenvalue weighted by Crippen LogP contribution is 2.19. The van der Waals surface area contributed by atoms with Gasteiger partial charge in [0, 0.05) is 14.1 Å². The summed E-state index contributed by atoms with van der Waals surface area (Å²) in [6.07, 6.45) is 0. The number of hydrogen-bond donors (Lipinski definition) is 3. The van der Waals surface area contributed by atoms with E-state index in [1.54, 1.807) is 34.9 Å². The van der Waals surface area contributed by atoms with Crippen LogP contribution in [-0.4, -0.2) is 54.1 Å². The number of amides is 3. The SMILES string of the molecule is CC(NC(=O)NC(C(=O)O)C(C)(C)C)C(=O)N(C)C. The smallest absolute Gasteiger partial charge is 0.326 e. The van der Waals surface area contributed by atoms with E-state index in [-0.39, 0.29) is 5.91 Å². The summed E-state index contributed by atoms with van der Waals surface area (Å²) in [4.78, 5) is 35.7. The standard InChI is InChI=1S/C12H23N3O4/c1-7(9(16)15(5)6)13-11(19)14-8(10(17)18)12(2,3)4/h7-8H,1-6H3,(H,17,18)(H2,13,14,19). The second-order valence-corrected chi connectivity index (χ2v) is 5.71. The number of urea groups is 1. The third-order valence-electron chi connectivity index (χ3n) is 2.55. The van der Waals surface area contributed by atoms with Crippen molar-refractivity contribution in [3.8, 4) is 0 Å². The maximum atomic E-state index is 11.7. The maximum absolute atomic E-state index is 11.7. The lowest BCUT2D eigenvalue weighted by Gasteiger charge is -2.28. The number of nitrogens with zero attached hydrogens (tertiary/aromatic N) is 1. The van der Waals surface area contributed by atoms with E-state index in [1.807, 2.05) is 0 Å². The fraction of sp³-hybridized carbons (Fsp3) is 0.750. The van der Waals surface area contributed by atoms with Crippen LogP contribution in [-0.2, 0) is 9.59 Å². The number of hydrogen-bond acceptors (Lipinski definition) is 3. The molecule has 0 saturated heterocycles. The summed E-state index contributed by atoms with van der Waals surface area (Å²) in [5, 5.41) is 13.8. The summed E-state index contributed by atoms with van der Waals surface area (Å²) in [5.41, 5.74) is -0.627. The molecule has 0 aromatic heterocycles. The van der Waals surface area contributed by atoms with Crippen LogP contribution in [0.5, 0.6) is 0 Å². The van der Waals surface area contributed by atoms with Gasteiger partial charge in [-0.2, -0.15) is 0 Å². The molecule has 3 N–H and O–H groups in total. The minimum atomic E-state index is -1.12. The molecule has 0 rings (SSSR count). The summed E-state index contributed by atoms with van der Waals surface area (Å²) >= 11 is 0. The Balaban J connectivity index is 4.61. The number of nitrogens with one attached hydrogen (secondary N) is 2. The van der Waals surface area contributed by atoms with Gasteiger partial charge in [-0.1, -0.05) is 20.8 Å². The molecule has 0 radical (unpaired) electrons. The second-order valence-electron chi connectivity index (χ2n) is 5.71. The molecule has 0 aromatic rings. The van der Waals surface area contributed by atoms with Crippen molar-refractivity contribution in [2.24, 2.45) is 5.41 Å². The van der Waals surface area contributed by atoms with Crippen molar-refractivity contribution in [1.82, 2.24) is 15.5 Å². The first-order valence-electron chi connectivity index (χ1n) is 5.97. The highest BCUT2D eigenvalue weighted by Gasteiger charge is 2.33. The summed E-state index contributed by atoms with van der Waals surface area (Å²) in [5.74, 6) is -1.38. The second kappa shape index (κ2) is 6.40. The number of carboxylic acids is 1. The molecule has 19 heavy (non-hydrogen) atoms. The van der Waals surface area contributed by atoms with E-state index < -0.39 is 29.5 Å². The van der Waals surface area contributed by atoms with Crippen molar-refractivity contribution < 1.29 is 19.5 Å². The molecule has 0 bridgehead atoms. The van der Waals surface area contributed by atoms with Gasteiger partial charge >= 0.3 is 12.0 Å². The molecule has 2 atom stereocenters. The predicted molar refractivity (Wildman–Crippen MR) is 70.7 cm³/mol. The third kappa shape index (κ3) is 5.58. The number of rotatable bonds is 4. The lowest BCUT2D eigenvalue weighted by atomic mass is 9.87. The Morgan fingerprint density at radius 1 is 1.11 bits per heavy atom. The average Bonchev–Trinajstić information content (AvgIpc) is 2.22. The number of carbonyl (C=O) groups excluding carboxylic acids is 2. The predicted octanol–water partition coefficient (Wildman–Crippen LogP) is 0.262. The van der Waals surface area contributed by atoms with Crippen LogP contribution in [0.3, 0.4) is 0 Å². The first-order chi connectivity index (χ1) is 8.46. The molecule has 0 fully saturated rings. The van der Waals surface area contributed by atoms with Gasteiger partial charge in [0.1, 0.15) is 12.1 Å². The first-order valence-corrected chi connectivity index (χ1v) is 5.97. The molecular formula is C12H23N3O4. The summed E-state index contributed by atoms with van der Waals surface area (Å²) < 4.78 is 0. The molecule has 0 spiro atoms. The van der Waals surface area contributed by atoms with Gasteiger partial charge in [-0.25, -0.2) is 9.59 Å². The van der Waals surface area contributed by atoms with Crippen LogP contribution in [0.25, 0.3) is 0 Å². The van der Waals surface area contributed by atoms with Crippen molar-refractivity contribution >= 4 is 17.9 Å². The molecule has 0 heterocycles. The quantitative estimate of drug-likeness (QED) is 0.684. The number of likely N-dealkylation sites (N-methyl/N-ethyl adjacent to an activating group) is 1. The van der Waals surface area contributed by atoms with E-state index >= 15 is 0 Å². The minimum Gasteiger partial charge on any atom is -0.480 e. The topological polar surface area (TPSA) is 98.7 Å². The Morgan fingerprint density at radius 2 is 1.58 bits per heavy atom. The Hall–Kier alpha value is -1.79. The van der Waals surface area contributed by atoms with Crippen LogP contribution in [0.15, 0.2) is 0 Å². The van der Waals surface area contributed by atoms with Crippen LogP contribution >= 0.6 is 0 Å². The molecule has 0 aromatic carbocycles. The van der Waals surface area contributed by atoms with Crippen molar-refractivity contribution in [3.05, 3.63) is 0 Å². The highest BCUT2D eigenvalue weighted by atomic mass is 16.4. The molecule has 0 aliphatic rings. The zero-order chi connectivity index (χ0) is 15.4. The summed E-state index contributed by atoms with van der Waals surface area (Å²) in [6, 6.07) is -2.43. The highest BCUT2D eigenvalue weighted by molar-refractivity contribution is 5.88. The van der Waals surface area contributed by atoms with Crippen molar-refractivity contribution in [2.75, 3.05) is 14.1 Å². The Kier molecular flexibility index (Phi) is 5.80. The molecule has 0 saturated carbocycles. The molecule has 7 heteroatoms. The molecule has 3 amide bonds. The molecule has 2 unspecified atom stereocenters. The van der Waals surface area contributed by atoms with Gasteiger partial charge in [-0.15, -0.1) is 0 Å². The van der Waals surface area contributed by atoms with Crippen LogP contribution < -0.4 is 10.6 Å². The van der Waals surface area contributed by atoms with Gasteiger partial charge in [0.2, 0.25) is 5.91 Å². The van der Waals surface area contributed by atoms with Crippen molar-refractivity contribution in [2.45, 2.75) is 39.8 Å². The van der Waals surface area contributed by atoms with E-state index in [0.717, 1.165) is 0 Å². The van der Waals surface area contributed by atoms with Crippen LogP contribution in [0.4, 0.5) is 4.79 Å². The minimum absolute atomic E-state index is 0.266. The zero-order valence-corrected chi connectivity index (χ0v) is 12.3. The summed E-state index contributed by atoms with van der Waals surface area (Å²) in [6.45, 7) is 6.66. The van der Waals surface area contributed by atoms with Crippen LogP contribution in [0.2, 0.25) is 0 Å². The van der Waals surface area contributed by atoms with E-state index in [1.165, 1.54) is 11.8 Å². The number of carbonyl (C=O) groups is 3. The third-order valence-corrected chi connectivity index (χ3v) is 2.55. The van der Waals surface area contributed by atoms with Gasteiger partial charge in [0.05, 0.1) is 0 Å². The summed E-state index contributed by atoms with van der Waals surface area (Å²) in [7, 11) is 3.15. The monoisotopic (exact) mass is 273 g/mol. The molecule has 110 valence electrons. The van der Waals surface area contributed by atoms with Gasteiger partial charge in [-0.05, 0) is 12.3 Å². The fourth-order valence-electron chi connectivity index (χ4n) is 1.47. The molecule has 7 nitrogen and oxygen atoms in total.